The fraction of sp³-hybridized carbons (Fsp3) is 0.833. The molecule has 0 saturated heterocycles. The summed E-state index contributed by atoms with van der Waals surface area (Å²) in [6.45, 7) is 4.41. The van der Waals surface area contributed by atoms with Crippen LogP contribution in [0.1, 0.15) is 26.7 Å². The molecule has 98 valence electrons. The molecular formula is C12H21O4P. The lowest BCUT2D eigenvalue weighted by Crippen LogP contribution is -2.50. The number of aliphatic hydroxyl groups excluding tert-OH is 1. The number of rotatable bonds is 4. The summed E-state index contributed by atoms with van der Waals surface area (Å²) in [5.41, 5.74) is 1.03. The van der Waals surface area contributed by atoms with Gasteiger partial charge in [-0.2, -0.15) is 0 Å². The predicted octanol–water partition coefficient (Wildman–Crippen LogP) is 2.78. The summed E-state index contributed by atoms with van der Waals surface area (Å²) in [6.07, 6.45) is 4.03. The minimum absolute atomic E-state index is 0.192. The van der Waals surface area contributed by atoms with Crippen LogP contribution in [-0.4, -0.2) is 25.2 Å². The van der Waals surface area contributed by atoms with Crippen molar-refractivity contribution in [3.05, 3.63) is 11.6 Å². The quantitative estimate of drug-likeness (QED) is 0.623. The van der Waals surface area contributed by atoms with Crippen molar-refractivity contribution < 1.29 is 18.7 Å². The van der Waals surface area contributed by atoms with Crippen molar-refractivity contribution >= 4 is 7.60 Å². The van der Waals surface area contributed by atoms with Gasteiger partial charge in [0.05, 0.1) is 0 Å². The Morgan fingerprint density at radius 3 is 2.47 bits per heavy atom. The molecule has 17 heavy (non-hydrogen) atoms. The van der Waals surface area contributed by atoms with Crippen molar-refractivity contribution in [2.75, 3.05) is 14.2 Å². The second-order valence-electron chi connectivity index (χ2n) is 5.53. The summed E-state index contributed by atoms with van der Waals surface area (Å²) in [5, 5.41) is 10.2. The van der Waals surface area contributed by atoms with Crippen molar-refractivity contribution in [1.82, 2.24) is 0 Å². The third-order valence-corrected chi connectivity index (χ3v) is 6.53. The van der Waals surface area contributed by atoms with E-state index in [4.69, 9.17) is 9.05 Å². The molecule has 0 aromatic carbocycles. The number of hydrogen-bond donors (Lipinski definition) is 1. The van der Waals surface area contributed by atoms with Gasteiger partial charge in [0, 0.05) is 14.2 Å². The van der Waals surface area contributed by atoms with E-state index in [2.05, 4.69) is 13.8 Å². The Kier molecular flexibility index (Phi) is 3.28. The lowest BCUT2D eigenvalue weighted by molar-refractivity contribution is -0.0172. The molecule has 0 amide bonds. The van der Waals surface area contributed by atoms with E-state index in [0.29, 0.717) is 11.8 Å². The average molecular weight is 260 g/mol. The van der Waals surface area contributed by atoms with Gasteiger partial charge in [0.1, 0.15) is 0 Å². The van der Waals surface area contributed by atoms with Crippen molar-refractivity contribution in [3.63, 3.8) is 0 Å². The van der Waals surface area contributed by atoms with Crippen molar-refractivity contribution in [2.45, 2.75) is 32.5 Å². The van der Waals surface area contributed by atoms with Gasteiger partial charge in [-0.05, 0) is 35.7 Å². The van der Waals surface area contributed by atoms with E-state index in [-0.39, 0.29) is 5.41 Å². The zero-order chi connectivity index (χ0) is 12.8. The molecule has 0 aromatic heterocycles. The first-order valence-electron chi connectivity index (χ1n) is 5.96. The SMILES string of the molecule is COP(=O)(OC)C(O)C1=CCC2CC1C2(C)C. The maximum atomic E-state index is 12.2. The Bertz CT molecular complexity index is 380. The van der Waals surface area contributed by atoms with Gasteiger partial charge in [0.15, 0.2) is 5.85 Å². The molecule has 0 heterocycles. The maximum Gasteiger partial charge on any atom is 0.362 e. The van der Waals surface area contributed by atoms with Crippen molar-refractivity contribution in [2.24, 2.45) is 17.3 Å². The topological polar surface area (TPSA) is 55.8 Å². The largest absolute Gasteiger partial charge is 0.376 e. The highest BCUT2D eigenvalue weighted by molar-refractivity contribution is 7.54. The van der Waals surface area contributed by atoms with Crippen molar-refractivity contribution in [1.29, 1.82) is 0 Å². The molecule has 2 bridgehead atoms. The highest BCUT2D eigenvalue weighted by Gasteiger charge is 2.54. The van der Waals surface area contributed by atoms with Crippen LogP contribution in [-0.2, 0) is 13.6 Å². The Balaban J connectivity index is 2.24. The lowest BCUT2D eigenvalue weighted by atomic mass is 9.49. The molecule has 0 aliphatic heterocycles. The highest BCUT2D eigenvalue weighted by Crippen LogP contribution is 2.64. The number of aliphatic hydroxyl groups is 1. The van der Waals surface area contributed by atoms with Gasteiger partial charge in [-0.15, -0.1) is 0 Å². The average Bonchev–Trinajstić information content (AvgIpc) is 2.36. The molecule has 0 spiro atoms. The molecule has 3 unspecified atom stereocenters. The molecule has 3 rings (SSSR count). The van der Waals surface area contributed by atoms with Crippen LogP contribution in [0.4, 0.5) is 0 Å². The summed E-state index contributed by atoms with van der Waals surface area (Å²) >= 11 is 0. The second-order valence-corrected chi connectivity index (χ2v) is 7.82. The number of allylic oxidation sites excluding steroid dienone is 1. The van der Waals surface area contributed by atoms with Crippen LogP contribution in [0.25, 0.3) is 0 Å². The molecule has 3 aliphatic rings. The van der Waals surface area contributed by atoms with Gasteiger partial charge < -0.3 is 14.2 Å². The van der Waals surface area contributed by atoms with Gasteiger partial charge in [-0.25, -0.2) is 0 Å². The van der Waals surface area contributed by atoms with Gasteiger partial charge in [-0.1, -0.05) is 19.9 Å². The number of fused-ring (bicyclic) bond motifs is 1. The Labute approximate surface area is 103 Å². The van der Waals surface area contributed by atoms with E-state index in [1.807, 2.05) is 6.08 Å². The molecule has 3 atom stereocenters. The van der Waals surface area contributed by atoms with Gasteiger partial charge >= 0.3 is 7.60 Å². The van der Waals surface area contributed by atoms with E-state index < -0.39 is 13.4 Å². The molecule has 1 N–H and O–H groups in total. The Hall–Kier alpha value is -0.150. The summed E-state index contributed by atoms with van der Waals surface area (Å²) in [7, 11) is -0.800. The molecule has 1 saturated carbocycles. The molecule has 0 radical (unpaired) electrons. The van der Waals surface area contributed by atoms with E-state index in [1.54, 1.807) is 0 Å². The minimum atomic E-state index is -3.42. The van der Waals surface area contributed by atoms with E-state index >= 15 is 0 Å². The van der Waals surface area contributed by atoms with Crippen LogP contribution < -0.4 is 0 Å². The second kappa shape index (κ2) is 4.20. The number of hydrogen-bond acceptors (Lipinski definition) is 4. The maximum absolute atomic E-state index is 12.2. The van der Waals surface area contributed by atoms with Crippen LogP contribution in [0.2, 0.25) is 0 Å². The van der Waals surface area contributed by atoms with E-state index in [9.17, 15) is 9.67 Å². The monoisotopic (exact) mass is 260 g/mol. The minimum Gasteiger partial charge on any atom is -0.376 e. The summed E-state index contributed by atoms with van der Waals surface area (Å²) in [6, 6.07) is 0. The summed E-state index contributed by atoms with van der Waals surface area (Å²) in [5.74, 6) is -0.133. The normalized spacial score (nSPS) is 32.6. The third-order valence-electron chi connectivity index (χ3n) is 4.62. The first-order chi connectivity index (χ1) is 7.86. The zero-order valence-electron chi connectivity index (χ0n) is 10.8. The predicted molar refractivity (Wildman–Crippen MR) is 65.7 cm³/mol. The molecule has 3 aliphatic carbocycles. The lowest BCUT2D eigenvalue weighted by Gasteiger charge is -2.57. The summed E-state index contributed by atoms with van der Waals surface area (Å²) < 4.78 is 21.9. The van der Waals surface area contributed by atoms with Crippen LogP contribution in [0, 0.1) is 17.3 Å². The fourth-order valence-electron chi connectivity index (χ4n) is 3.14. The van der Waals surface area contributed by atoms with E-state index in [1.165, 1.54) is 14.2 Å². The smallest absolute Gasteiger partial charge is 0.362 e. The van der Waals surface area contributed by atoms with Crippen LogP contribution in [0.3, 0.4) is 0 Å². The summed E-state index contributed by atoms with van der Waals surface area (Å²) in [4.78, 5) is 0. The molecule has 4 nitrogen and oxygen atoms in total. The van der Waals surface area contributed by atoms with Crippen LogP contribution in [0.15, 0.2) is 11.6 Å². The highest BCUT2D eigenvalue weighted by atomic mass is 31.2. The molecular weight excluding hydrogens is 239 g/mol. The molecule has 5 heteroatoms. The Morgan fingerprint density at radius 1 is 1.47 bits per heavy atom. The first kappa shape index (κ1) is 13.3. The molecule has 0 aromatic rings. The molecule has 1 fully saturated rings. The van der Waals surface area contributed by atoms with Gasteiger partial charge in [0.2, 0.25) is 0 Å². The third kappa shape index (κ3) is 1.82. The van der Waals surface area contributed by atoms with E-state index in [0.717, 1.165) is 18.4 Å². The van der Waals surface area contributed by atoms with Gasteiger partial charge in [-0.3, -0.25) is 4.57 Å². The zero-order valence-corrected chi connectivity index (χ0v) is 11.7. The van der Waals surface area contributed by atoms with Gasteiger partial charge in [0.25, 0.3) is 0 Å². The van der Waals surface area contributed by atoms with Crippen LogP contribution in [0.5, 0.6) is 0 Å². The first-order valence-corrected chi connectivity index (χ1v) is 7.57. The fourth-order valence-corrected chi connectivity index (χ4v) is 4.34. The van der Waals surface area contributed by atoms with Crippen LogP contribution >= 0.6 is 7.60 Å². The van der Waals surface area contributed by atoms with Crippen molar-refractivity contribution in [3.8, 4) is 0 Å². The Morgan fingerprint density at radius 2 is 2.06 bits per heavy atom. The standard InChI is InChI=1S/C12H21O4P/c1-12(2)8-5-6-9(10(12)7-8)11(13)17(14,15-3)16-4/h6,8,10-11,13H,5,7H2,1-4H3.